The first-order valence-electron chi connectivity index (χ1n) is 17.7. The Hall–Kier alpha value is -5.16. The minimum atomic E-state index is -0.490. The number of benzene rings is 6. The van der Waals surface area contributed by atoms with Crippen molar-refractivity contribution in [1.29, 1.82) is 0 Å². The number of alkyl halides is 1. The Balaban J connectivity index is 1.06. The topological polar surface area (TPSA) is 52.6 Å². The molecule has 6 aromatic carbocycles. The lowest BCUT2D eigenvalue weighted by Crippen LogP contribution is -2.18. The molecule has 6 aromatic rings. The van der Waals surface area contributed by atoms with Gasteiger partial charge in [0.2, 0.25) is 0 Å². The summed E-state index contributed by atoms with van der Waals surface area (Å²) in [6, 6.07) is 45.5. The van der Waals surface area contributed by atoms with E-state index in [4.69, 9.17) is 32.7 Å². The van der Waals surface area contributed by atoms with Gasteiger partial charge in [-0.3, -0.25) is 9.59 Å². The maximum Gasteiger partial charge on any atom is 0.193 e. The van der Waals surface area contributed by atoms with Crippen LogP contribution < -0.4 is 9.47 Å². The predicted octanol–water partition coefficient (Wildman–Crippen LogP) is 12.9. The highest BCUT2D eigenvalue weighted by molar-refractivity contribution is 6.30. The maximum atomic E-state index is 13.0. The van der Waals surface area contributed by atoms with Crippen molar-refractivity contribution in [2.45, 2.75) is 57.4 Å². The molecule has 1 atom stereocenters. The molecule has 0 saturated carbocycles. The van der Waals surface area contributed by atoms with Gasteiger partial charge < -0.3 is 9.47 Å². The zero-order valence-electron chi connectivity index (χ0n) is 30.5. The van der Waals surface area contributed by atoms with Gasteiger partial charge in [-0.25, -0.2) is 0 Å². The summed E-state index contributed by atoms with van der Waals surface area (Å²) in [6.45, 7) is 10.3. The quantitative estimate of drug-likeness (QED) is 0.0874. The van der Waals surface area contributed by atoms with Gasteiger partial charge in [0.1, 0.15) is 23.4 Å². The van der Waals surface area contributed by atoms with Crippen molar-refractivity contribution in [3.8, 4) is 17.2 Å². The van der Waals surface area contributed by atoms with Crippen molar-refractivity contribution >= 4 is 34.8 Å². The number of ether oxygens (including phenoxy) is 2. The Labute approximate surface area is 322 Å². The van der Waals surface area contributed by atoms with Crippen molar-refractivity contribution in [1.82, 2.24) is 0 Å². The van der Waals surface area contributed by atoms with Gasteiger partial charge in [0.15, 0.2) is 11.6 Å². The maximum absolute atomic E-state index is 13.0. The lowest BCUT2D eigenvalue weighted by molar-refractivity contribution is 0.103. The Morgan fingerprint density at radius 2 is 0.887 bits per heavy atom. The molecule has 0 saturated heterocycles. The molecule has 268 valence electrons. The van der Waals surface area contributed by atoms with E-state index in [0.29, 0.717) is 38.8 Å². The summed E-state index contributed by atoms with van der Waals surface area (Å²) in [4.78, 5) is 25.5. The Morgan fingerprint density at radius 1 is 0.528 bits per heavy atom. The van der Waals surface area contributed by atoms with E-state index in [1.54, 1.807) is 36.4 Å². The molecule has 53 heavy (non-hydrogen) atoms. The molecule has 0 aliphatic heterocycles. The standard InChI is InChI=1S/C47H42Cl2O4/c1-6-43(31-7-9-32(10-8-31)44(50)34-13-23-39(48)24-14-34)53-42-29-21-37(22-30-42)46(2,3)36-19-27-41(28-20-36)52-40-25-15-35(16-26-40)45(51)33-11-17-38(18-12-33)47(4,5)49/h7-30,43H,6H2,1-5H3. The molecule has 0 bridgehead atoms. The van der Waals surface area contributed by atoms with Crippen LogP contribution in [0.25, 0.3) is 0 Å². The fourth-order valence-electron chi connectivity index (χ4n) is 6.22. The van der Waals surface area contributed by atoms with Gasteiger partial charge in [-0.05, 0) is 115 Å². The molecule has 6 heteroatoms. The van der Waals surface area contributed by atoms with Crippen LogP contribution in [0.15, 0.2) is 146 Å². The van der Waals surface area contributed by atoms with Crippen molar-refractivity contribution in [3.63, 3.8) is 0 Å². The lowest BCUT2D eigenvalue weighted by Gasteiger charge is -2.27. The molecule has 0 aliphatic carbocycles. The molecule has 0 radical (unpaired) electrons. The van der Waals surface area contributed by atoms with Crippen LogP contribution in [0.4, 0.5) is 0 Å². The number of ketones is 2. The molecule has 1 unspecified atom stereocenters. The third-order valence-electron chi connectivity index (χ3n) is 9.64. The third-order valence-corrected chi connectivity index (χ3v) is 10.1. The molecule has 6 rings (SSSR count). The normalized spacial score (nSPS) is 12.2. The van der Waals surface area contributed by atoms with Crippen molar-refractivity contribution in [3.05, 3.63) is 195 Å². The van der Waals surface area contributed by atoms with E-state index in [-0.39, 0.29) is 23.1 Å². The number of halogens is 2. The van der Waals surface area contributed by atoms with Gasteiger partial charge in [-0.1, -0.05) is 105 Å². The Morgan fingerprint density at radius 3 is 1.32 bits per heavy atom. The molecule has 4 nitrogen and oxygen atoms in total. The monoisotopic (exact) mass is 740 g/mol. The van der Waals surface area contributed by atoms with Crippen LogP contribution in [0.3, 0.4) is 0 Å². The van der Waals surface area contributed by atoms with Gasteiger partial charge in [-0.2, -0.15) is 0 Å². The summed E-state index contributed by atoms with van der Waals surface area (Å²) in [5.74, 6) is 2.04. The van der Waals surface area contributed by atoms with Crippen LogP contribution in [0.1, 0.15) is 101 Å². The fraction of sp³-hybridized carbons (Fsp3) is 0.191. The van der Waals surface area contributed by atoms with Crippen LogP contribution in [0.2, 0.25) is 5.02 Å². The average molecular weight is 742 g/mol. The number of rotatable bonds is 13. The predicted molar refractivity (Wildman–Crippen MR) is 215 cm³/mol. The first kappa shape index (κ1) is 37.6. The zero-order chi connectivity index (χ0) is 37.8. The lowest BCUT2D eigenvalue weighted by atomic mass is 9.78. The molecular formula is C47H42Cl2O4. The van der Waals surface area contributed by atoms with Crippen LogP contribution in [0.5, 0.6) is 17.2 Å². The minimum absolute atomic E-state index is 0.0439. The summed E-state index contributed by atoms with van der Waals surface area (Å²) in [6.07, 6.45) is 0.621. The largest absolute Gasteiger partial charge is 0.486 e. The van der Waals surface area contributed by atoms with Crippen LogP contribution in [0, 0.1) is 0 Å². The molecule has 0 aliphatic rings. The Kier molecular flexibility index (Phi) is 11.2. The highest BCUT2D eigenvalue weighted by atomic mass is 35.5. The molecule has 0 N–H and O–H groups in total. The first-order chi connectivity index (χ1) is 25.3. The second-order valence-electron chi connectivity index (χ2n) is 14.2. The van der Waals surface area contributed by atoms with E-state index in [2.05, 4.69) is 45.0 Å². The molecular weight excluding hydrogens is 699 g/mol. The van der Waals surface area contributed by atoms with Crippen molar-refractivity contribution in [2.75, 3.05) is 0 Å². The van der Waals surface area contributed by atoms with E-state index < -0.39 is 4.87 Å². The van der Waals surface area contributed by atoms with Gasteiger partial charge in [-0.15, -0.1) is 11.6 Å². The molecule has 0 amide bonds. The second-order valence-corrected chi connectivity index (χ2v) is 15.5. The fourth-order valence-corrected chi connectivity index (χ4v) is 6.47. The average Bonchev–Trinajstić information content (AvgIpc) is 3.17. The number of hydrogen-bond acceptors (Lipinski definition) is 4. The van der Waals surface area contributed by atoms with Crippen LogP contribution >= 0.6 is 23.2 Å². The van der Waals surface area contributed by atoms with Gasteiger partial charge >= 0.3 is 0 Å². The summed E-state index contributed by atoms with van der Waals surface area (Å²) in [7, 11) is 0. The number of carbonyl (C=O) groups is 2. The Bertz CT molecular complexity index is 2160. The summed E-state index contributed by atoms with van der Waals surface area (Å²) in [5.41, 5.74) is 6.42. The van der Waals surface area contributed by atoms with E-state index in [1.807, 2.05) is 98.8 Å². The number of carbonyl (C=O) groups excluding carboxylic acids is 2. The SMILES string of the molecule is CCC(Oc1ccc(C(C)(C)c2ccc(Oc3ccc(C(=O)c4ccc(C(C)(C)Cl)cc4)cc3)cc2)cc1)c1ccc(C(=O)c2ccc(Cl)cc2)cc1. The molecule has 0 spiro atoms. The first-order valence-corrected chi connectivity index (χ1v) is 18.5. The molecule has 0 aromatic heterocycles. The summed E-state index contributed by atoms with van der Waals surface area (Å²) in [5, 5.41) is 0.600. The van der Waals surface area contributed by atoms with Crippen LogP contribution in [-0.4, -0.2) is 11.6 Å². The summed E-state index contributed by atoms with van der Waals surface area (Å²) < 4.78 is 12.5. The van der Waals surface area contributed by atoms with E-state index >= 15 is 0 Å². The van der Waals surface area contributed by atoms with Gasteiger partial charge in [0.25, 0.3) is 0 Å². The van der Waals surface area contributed by atoms with E-state index in [9.17, 15) is 9.59 Å². The van der Waals surface area contributed by atoms with Crippen molar-refractivity contribution < 1.29 is 19.1 Å². The van der Waals surface area contributed by atoms with Crippen LogP contribution in [-0.2, 0) is 10.3 Å². The second kappa shape index (κ2) is 15.8. The van der Waals surface area contributed by atoms with E-state index in [1.165, 1.54) is 0 Å². The molecule has 0 heterocycles. The van der Waals surface area contributed by atoms with Gasteiger partial charge in [0.05, 0.1) is 4.87 Å². The number of hydrogen-bond donors (Lipinski definition) is 0. The third kappa shape index (κ3) is 8.90. The van der Waals surface area contributed by atoms with Gasteiger partial charge in [0, 0.05) is 32.7 Å². The van der Waals surface area contributed by atoms with E-state index in [0.717, 1.165) is 34.4 Å². The zero-order valence-corrected chi connectivity index (χ0v) is 32.0. The highest BCUT2D eigenvalue weighted by Crippen LogP contribution is 2.35. The summed E-state index contributed by atoms with van der Waals surface area (Å²) >= 11 is 12.4. The highest BCUT2D eigenvalue weighted by Gasteiger charge is 2.24. The minimum Gasteiger partial charge on any atom is -0.486 e. The molecule has 0 fully saturated rings. The smallest absolute Gasteiger partial charge is 0.193 e. The van der Waals surface area contributed by atoms with Crippen molar-refractivity contribution in [2.24, 2.45) is 0 Å².